The zero-order valence-electron chi connectivity index (χ0n) is 12.8. The first-order valence-electron chi connectivity index (χ1n) is 7.49. The van der Waals surface area contributed by atoms with Gasteiger partial charge in [-0.25, -0.2) is 4.39 Å². The molecular formula is C18H17FN2O2. The molecule has 3 rings (SSSR count). The minimum Gasteiger partial charge on any atom is -0.340 e. The van der Waals surface area contributed by atoms with E-state index in [1.54, 1.807) is 4.90 Å². The van der Waals surface area contributed by atoms with Gasteiger partial charge in [-0.05, 0) is 43.7 Å². The highest BCUT2D eigenvalue weighted by Gasteiger charge is 2.33. The van der Waals surface area contributed by atoms with Crippen LogP contribution in [0.1, 0.15) is 22.3 Å². The largest absolute Gasteiger partial charge is 0.340 e. The number of benzene rings is 2. The third kappa shape index (κ3) is 3.23. The number of aryl methyl sites for hydroxylation is 1. The van der Waals surface area contributed by atoms with Crippen LogP contribution in [0.15, 0.2) is 48.5 Å². The van der Waals surface area contributed by atoms with Crippen LogP contribution in [0.3, 0.4) is 0 Å². The first kappa shape index (κ1) is 15.2. The maximum absolute atomic E-state index is 13.2. The Bertz CT molecular complexity index is 743. The third-order valence-electron chi connectivity index (χ3n) is 3.94. The van der Waals surface area contributed by atoms with Crippen molar-refractivity contribution in [2.45, 2.75) is 19.4 Å². The Morgan fingerprint density at radius 2 is 1.96 bits per heavy atom. The number of amides is 2. The molecule has 1 N–H and O–H groups in total. The van der Waals surface area contributed by atoms with Crippen molar-refractivity contribution >= 4 is 17.5 Å². The SMILES string of the molecule is Cc1ccc(N2CC[C@@H](NC(=O)c3cccc(F)c3)C2=O)cc1. The fourth-order valence-electron chi connectivity index (χ4n) is 2.67. The van der Waals surface area contributed by atoms with Gasteiger partial charge in [0.05, 0.1) is 0 Å². The highest BCUT2D eigenvalue weighted by Crippen LogP contribution is 2.22. The van der Waals surface area contributed by atoms with Crippen molar-refractivity contribution in [2.75, 3.05) is 11.4 Å². The Kier molecular flexibility index (Phi) is 4.10. The highest BCUT2D eigenvalue weighted by molar-refractivity contribution is 6.03. The van der Waals surface area contributed by atoms with Gasteiger partial charge in [-0.15, -0.1) is 0 Å². The second kappa shape index (κ2) is 6.20. The molecule has 0 saturated carbocycles. The number of rotatable bonds is 3. The molecule has 5 heteroatoms. The van der Waals surface area contributed by atoms with Gasteiger partial charge < -0.3 is 10.2 Å². The van der Waals surface area contributed by atoms with E-state index in [-0.39, 0.29) is 11.5 Å². The molecule has 2 amide bonds. The second-order valence-electron chi connectivity index (χ2n) is 5.65. The molecule has 2 aromatic rings. The molecule has 0 aliphatic carbocycles. The lowest BCUT2D eigenvalue weighted by molar-refractivity contribution is -0.118. The van der Waals surface area contributed by atoms with Crippen molar-refractivity contribution in [2.24, 2.45) is 0 Å². The predicted octanol–water partition coefficient (Wildman–Crippen LogP) is 2.67. The van der Waals surface area contributed by atoms with Crippen molar-refractivity contribution in [3.63, 3.8) is 0 Å². The fraction of sp³-hybridized carbons (Fsp3) is 0.222. The van der Waals surface area contributed by atoms with Crippen LogP contribution in [0.5, 0.6) is 0 Å². The normalized spacial score (nSPS) is 17.4. The molecule has 0 radical (unpaired) electrons. The summed E-state index contributed by atoms with van der Waals surface area (Å²) in [4.78, 5) is 26.3. The van der Waals surface area contributed by atoms with Gasteiger partial charge in [-0.1, -0.05) is 23.8 Å². The first-order chi connectivity index (χ1) is 11.0. The van der Waals surface area contributed by atoms with E-state index in [1.807, 2.05) is 31.2 Å². The van der Waals surface area contributed by atoms with Crippen LogP contribution in [0.4, 0.5) is 10.1 Å². The molecule has 2 aromatic carbocycles. The minimum atomic E-state index is -0.577. The summed E-state index contributed by atoms with van der Waals surface area (Å²) in [6.07, 6.45) is 0.535. The number of carbonyl (C=O) groups excluding carboxylic acids is 2. The van der Waals surface area contributed by atoms with Gasteiger partial charge in [0.15, 0.2) is 0 Å². The zero-order chi connectivity index (χ0) is 16.4. The number of anilines is 1. The maximum atomic E-state index is 13.2. The molecule has 1 atom stereocenters. The van der Waals surface area contributed by atoms with Crippen LogP contribution in [-0.4, -0.2) is 24.4 Å². The summed E-state index contributed by atoms with van der Waals surface area (Å²) < 4.78 is 13.2. The molecule has 0 aromatic heterocycles. The smallest absolute Gasteiger partial charge is 0.252 e. The van der Waals surface area contributed by atoms with E-state index < -0.39 is 17.8 Å². The molecule has 0 bridgehead atoms. The summed E-state index contributed by atoms with van der Waals surface area (Å²) in [6.45, 7) is 2.54. The van der Waals surface area contributed by atoms with Crippen LogP contribution in [-0.2, 0) is 4.79 Å². The Hall–Kier alpha value is -2.69. The van der Waals surface area contributed by atoms with Crippen LogP contribution < -0.4 is 10.2 Å². The number of nitrogens with zero attached hydrogens (tertiary/aromatic N) is 1. The van der Waals surface area contributed by atoms with Crippen molar-refractivity contribution in [1.82, 2.24) is 5.32 Å². The summed E-state index contributed by atoms with van der Waals surface area (Å²) in [5.74, 6) is -1.05. The molecular weight excluding hydrogens is 295 g/mol. The molecule has 1 saturated heterocycles. The van der Waals surface area contributed by atoms with E-state index in [0.717, 1.165) is 17.3 Å². The number of carbonyl (C=O) groups is 2. The second-order valence-corrected chi connectivity index (χ2v) is 5.65. The van der Waals surface area contributed by atoms with Gasteiger partial charge in [0.2, 0.25) is 5.91 Å². The Labute approximate surface area is 133 Å². The maximum Gasteiger partial charge on any atom is 0.252 e. The van der Waals surface area contributed by atoms with E-state index >= 15 is 0 Å². The van der Waals surface area contributed by atoms with E-state index in [0.29, 0.717) is 13.0 Å². The number of nitrogens with one attached hydrogen (secondary N) is 1. The Morgan fingerprint density at radius 1 is 1.22 bits per heavy atom. The highest BCUT2D eigenvalue weighted by atomic mass is 19.1. The Balaban J connectivity index is 1.69. The Morgan fingerprint density at radius 3 is 2.65 bits per heavy atom. The summed E-state index contributed by atoms with van der Waals surface area (Å²) in [5, 5.41) is 2.69. The minimum absolute atomic E-state index is 0.140. The van der Waals surface area contributed by atoms with E-state index in [1.165, 1.54) is 18.2 Å². The average Bonchev–Trinajstić information content (AvgIpc) is 2.89. The van der Waals surface area contributed by atoms with Gasteiger partial charge in [0.25, 0.3) is 5.91 Å². The number of hydrogen-bond donors (Lipinski definition) is 1. The van der Waals surface area contributed by atoms with Gasteiger partial charge >= 0.3 is 0 Å². The molecule has 0 unspecified atom stereocenters. The molecule has 0 spiro atoms. The molecule has 1 fully saturated rings. The summed E-state index contributed by atoms with van der Waals surface area (Å²) in [6, 6.07) is 12.5. The van der Waals surface area contributed by atoms with Crippen LogP contribution >= 0.6 is 0 Å². The molecule has 23 heavy (non-hydrogen) atoms. The van der Waals surface area contributed by atoms with E-state index in [9.17, 15) is 14.0 Å². The summed E-state index contributed by atoms with van der Waals surface area (Å²) in [7, 11) is 0. The van der Waals surface area contributed by atoms with Crippen LogP contribution in [0, 0.1) is 12.7 Å². The average molecular weight is 312 g/mol. The van der Waals surface area contributed by atoms with Gasteiger partial charge in [-0.2, -0.15) is 0 Å². The lowest BCUT2D eigenvalue weighted by atomic mass is 10.2. The lowest BCUT2D eigenvalue weighted by Gasteiger charge is -2.17. The van der Waals surface area contributed by atoms with Crippen molar-refractivity contribution in [3.8, 4) is 0 Å². The zero-order valence-corrected chi connectivity index (χ0v) is 12.8. The topological polar surface area (TPSA) is 49.4 Å². The summed E-state index contributed by atoms with van der Waals surface area (Å²) >= 11 is 0. The van der Waals surface area contributed by atoms with Gasteiger partial charge in [0, 0.05) is 17.8 Å². The lowest BCUT2D eigenvalue weighted by Crippen LogP contribution is -2.41. The van der Waals surface area contributed by atoms with Crippen molar-refractivity contribution < 1.29 is 14.0 Å². The van der Waals surface area contributed by atoms with Crippen LogP contribution in [0.2, 0.25) is 0 Å². The summed E-state index contributed by atoms with van der Waals surface area (Å²) in [5.41, 5.74) is 2.16. The van der Waals surface area contributed by atoms with Crippen LogP contribution in [0.25, 0.3) is 0 Å². The fourth-order valence-corrected chi connectivity index (χ4v) is 2.67. The third-order valence-corrected chi connectivity index (χ3v) is 3.94. The van der Waals surface area contributed by atoms with Crippen molar-refractivity contribution in [3.05, 3.63) is 65.5 Å². The molecule has 1 aliphatic heterocycles. The molecule has 118 valence electrons. The van der Waals surface area contributed by atoms with Crippen molar-refractivity contribution in [1.29, 1.82) is 0 Å². The quantitative estimate of drug-likeness (QED) is 0.947. The predicted molar refractivity (Wildman–Crippen MR) is 85.8 cm³/mol. The number of hydrogen-bond acceptors (Lipinski definition) is 2. The van der Waals surface area contributed by atoms with Gasteiger partial charge in [-0.3, -0.25) is 9.59 Å². The molecule has 1 aliphatic rings. The standard InChI is InChI=1S/C18H17FN2O2/c1-12-5-7-15(8-6-12)21-10-9-16(18(21)23)20-17(22)13-3-2-4-14(19)11-13/h2-8,11,16H,9-10H2,1H3,(H,20,22)/t16-/m1/s1. The molecule has 1 heterocycles. The van der Waals surface area contributed by atoms with Gasteiger partial charge in [0.1, 0.15) is 11.9 Å². The first-order valence-corrected chi connectivity index (χ1v) is 7.49. The van der Waals surface area contributed by atoms with E-state index in [4.69, 9.17) is 0 Å². The van der Waals surface area contributed by atoms with E-state index in [2.05, 4.69) is 5.32 Å². The molecule has 4 nitrogen and oxygen atoms in total. The number of halogens is 1. The monoisotopic (exact) mass is 312 g/mol.